The average molecular weight is 445 g/mol. The number of aromatic nitrogens is 2. The highest BCUT2D eigenvalue weighted by molar-refractivity contribution is 7.99. The van der Waals surface area contributed by atoms with Crippen LogP contribution in [0.4, 0.5) is 0 Å². The number of aromatic amines is 1. The summed E-state index contributed by atoms with van der Waals surface area (Å²) in [6.07, 6.45) is 1.71. The Hall–Kier alpha value is -2.46. The Labute approximate surface area is 183 Å². The van der Waals surface area contributed by atoms with Gasteiger partial charge >= 0.3 is 0 Å². The second-order valence-corrected chi connectivity index (χ2v) is 8.20. The van der Waals surface area contributed by atoms with Crippen LogP contribution in [0.25, 0.3) is 11.3 Å². The number of halogens is 2. The molecule has 148 valence electrons. The standard InChI is InChI=1S/C21H18Cl2N4OS/c1-13(21-25-10-19(27-21)16-6-7-17(22)18(23)8-16)26-20(28)12-29-11-15-4-2-14(9-24)3-5-15/h2-8,10,13H,11-12H2,1H3,(H,25,27)(H,26,28). The second kappa shape index (κ2) is 9.84. The Morgan fingerprint density at radius 3 is 2.69 bits per heavy atom. The summed E-state index contributed by atoms with van der Waals surface area (Å²) in [5.41, 5.74) is 3.38. The van der Waals surface area contributed by atoms with Crippen LogP contribution in [0.2, 0.25) is 10.0 Å². The molecule has 2 N–H and O–H groups in total. The van der Waals surface area contributed by atoms with Crippen LogP contribution in [-0.2, 0) is 10.5 Å². The van der Waals surface area contributed by atoms with Gasteiger partial charge in [-0.25, -0.2) is 4.98 Å². The molecular formula is C21H18Cl2N4OS. The first kappa shape index (κ1) is 21.3. The molecule has 29 heavy (non-hydrogen) atoms. The van der Waals surface area contributed by atoms with Crippen molar-refractivity contribution < 1.29 is 4.79 Å². The maximum atomic E-state index is 12.2. The second-order valence-electron chi connectivity index (χ2n) is 6.40. The number of thioether (sulfide) groups is 1. The predicted octanol–water partition coefficient (Wildman–Crippen LogP) is 5.37. The van der Waals surface area contributed by atoms with E-state index in [1.54, 1.807) is 30.5 Å². The van der Waals surface area contributed by atoms with Gasteiger partial charge in [0.25, 0.3) is 0 Å². The van der Waals surface area contributed by atoms with Gasteiger partial charge in [0.2, 0.25) is 5.91 Å². The molecule has 0 bridgehead atoms. The van der Waals surface area contributed by atoms with Gasteiger partial charge in [0.1, 0.15) is 5.82 Å². The van der Waals surface area contributed by atoms with Crippen molar-refractivity contribution in [3.8, 4) is 17.3 Å². The van der Waals surface area contributed by atoms with Crippen molar-refractivity contribution in [2.45, 2.75) is 18.7 Å². The molecule has 2 aromatic carbocycles. The fourth-order valence-electron chi connectivity index (χ4n) is 2.66. The van der Waals surface area contributed by atoms with Gasteiger partial charge in [0.05, 0.1) is 45.4 Å². The molecule has 0 saturated heterocycles. The molecule has 5 nitrogen and oxygen atoms in total. The third kappa shape index (κ3) is 5.77. The molecule has 0 aliphatic rings. The average Bonchev–Trinajstić information content (AvgIpc) is 3.21. The lowest BCUT2D eigenvalue weighted by Crippen LogP contribution is -2.28. The summed E-state index contributed by atoms with van der Waals surface area (Å²) in [5.74, 6) is 1.64. The minimum Gasteiger partial charge on any atom is -0.346 e. The summed E-state index contributed by atoms with van der Waals surface area (Å²) in [7, 11) is 0. The number of hydrogen-bond donors (Lipinski definition) is 2. The first-order valence-corrected chi connectivity index (χ1v) is 10.7. The first-order chi connectivity index (χ1) is 14.0. The third-order valence-corrected chi connectivity index (χ3v) is 5.94. The highest BCUT2D eigenvalue weighted by atomic mass is 35.5. The lowest BCUT2D eigenvalue weighted by Gasteiger charge is -2.11. The number of benzene rings is 2. The number of rotatable bonds is 7. The molecule has 0 aliphatic carbocycles. The molecule has 1 aromatic heterocycles. The van der Waals surface area contributed by atoms with Crippen LogP contribution in [0.15, 0.2) is 48.7 Å². The van der Waals surface area contributed by atoms with Crippen molar-refractivity contribution in [1.82, 2.24) is 15.3 Å². The third-order valence-electron chi connectivity index (χ3n) is 4.20. The van der Waals surface area contributed by atoms with Crippen molar-refractivity contribution in [1.29, 1.82) is 5.26 Å². The number of amides is 1. The van der Waals surface area contributed by atoms with Crippen molar-refractivity contribution in [3.63, 3.8) is 0 Å². The van der Waals surface area contributed by atoms with E-state index < -0.39 is 0 Å². The van der Waals surface area contributed by atoms with Crippen LogP contribution in [0.3, 0.4) is 0 Å². The Kier molecular flexibility index (Phi) is 7.21. The van der Waals surface area contributed by atoms with Gasteiger partial charge in [-0.2, -0.15) is 5.26 Å². The van der Waals surface area contributed by atoms with Crippen LogP contribution in [0.5, 0.6) is 0 Å². The van der Waals surface area contributed by atoms with E-state index in [-0.39, 0.29) is 11.9 Å². The Morgan fingerprint density at radius 2 is 2.00 bits per heavy atom. The molecule has 0 aliphatic heterocycles. The molecule has 0 spiro atoms. The predicted molar refractivity (Wildman–Crippen MR) is 118 cm³/mol. The molecule has 3 rings (SSSR count). The van der Waals surface area contributed by atoms with Gasteiger partial charge in [0.15, 0.2) is 0 Å². The molecule has 1 atom stereocenters. The van der Waals surface area contributed by atoms with Crippen molar-refractivity contribution in [3.05, 3.63) is 75.7 Å². The molecule has 3 aromatic rings. The lowest BCUT2D eigenvalue weighted by molar-refractivity contribution is -0.119. The Morgan fingerprint density at radius 1 is 1.24 bits per heavy atom. The number of nitriles is 1. The molecule has 0 radical (unpaired) electrons. The highest BCUT2D eigenvalue weighted by Gasteiger charge is 2.14. The minimum absolute atomic E-state index is 0.0661. The van der Waals surface area contributed by atoms with Crippen LogP contribution in [0.1, 0.15) is 29.9 Å². The Bertz CT molecular complexity index is 1040. The van der Waals surface area contributed by atoms with Crippen LogP contribution in [0, 0.1) is 11.3 Å². The van der Waals surface area contributed by atoms with E-state index in [1.165, 1.54) is 11.8 Å². The Balaban J connectivity index is 1.51. The van der Waals surface area contributed by atoms with Gasteiger partial charge in [-0.05, 0) is 36.8 Å². The van der Waals surface area contributed by atoms with Crippen LogP contribution >= 0.6 is 35.0 Å². The molecule has 1 unspecified atom stereocenters. The number of nitrogens with one attached hydrogen (secondary N) is 2. The van der Waals surface area contributed by atoms with Crippen LogP contribution < -0.4 is 5.32 Å². The number of imidazole rings is 1. The number of carbonyl (C=O) groups excluding carboxylic acids is 1. The van der Waals surface area contributed by atoms with E-state index in [4.69, 9.17) is 28.5 Å². The van der Waals surface area contributed by atoms with Crippen molar-refractivity contribution in [2.75, 3.05) is 5.75 Å². The molecule has 1 amide bonds. The number of nitrogens with zero attached hydrogens (tertiary/aromatic N) is 2. The number of H-pyrrole nitrogens is 1. The van der Waals surface area contributed by atoms with E-state index in [9.17, 15) is 4.79 Å². The molecule has 0 fully saturated rings. The fourth-order valence-corrected chi connectivity index (χ4v) is 3.75. The smallest absolute Gasteiger partial charge is 0.230 e. The maximum absolute atomic E-state index is 12.2. The van der Waals surface area contributed by atoms with Gasteiger partial charge in [-0.15, -0.1) is 11.8 Å². The van der Waals surface area contributed by atoms with Gasteiger partial charge in [-0.3, -0.25) is 4.79 Å². The van der Waals surface area contributed by atoms with Gasteiger partial charge < -0.3 is 10.3 Å². The summed E-state index contributed by atoms with van der Waals surface area (Å²) < 4.78 is 0. The van der Waals surface area contributed by atoms with E-state index in [0.29, 0.717) is 32.9 Å². The number of carbonyl (C=O) groups is 1. The van der Waals surface area contributed by atoms with Gasteiger partial charge in [-0.1, -0.05) is 41.4 Å². The zero-order valence-electron chi connectivity index (χ0n) is 15.6. The summed E-state index contributed by atoms with van der Waals surface area (Å²) in [6.45, 7) is 1.88. The zero-order valence-corrected chi connectivity index (χ0v) is 17.9. The summed E-state index contributed by atoms with van der Waals surface area (Å²) in [6, 6.07) is 14.6. The topological polar surface area (TPSA) is 81.6 Å². The summed E-state index contributed by atoms with van der Waals surface area (Å²) in [4.78, 5) is 19.8. The summed E-state index contributed by atoms with van der Waals surface area (Å²) in [5, 5.41) is 12.7. The maximum Gasteiger partial charge on any atom is 0.230 e. The fraction of sp³-hybridized carbons (Fsp3) is 0.190. The monoisotopic (exact) mass is 444 g/mol. The van der Waals surface area contributed by atoms with E-state index in [0.717, 1.165) is 16.8 Å². The van der Waals surface area contributed by atoms with Crippen molar-refractivity contribution in [2.24, 2.45) is 0 Å². The largest absolute Gasteiger partial charge is 0.346 e. The SMILES string of the molecule is CC(NC(=O)CSCc1ccc(C#N)cc1)c1ncc(-c2ccc(Cl)c(Cl)c2)[nH]1. The lowest BCUT2D eigenvalue weighted by atomic mass is 10.2. The first-order valence-electron chi connectivity index (χ1n) is 8.82. The molecule has 0 saturated carbocycles. The molecule has 1 heterocycles. The van der Waals surface area contributed by atoms with Crippen LogP contribution in [-0.4, -0.2) is 21.6 Å². The normalized spacial score (nSPS) is 11.7. The molecule has 8 heteroatoms. The number of hydrogen-bond acceptors (Lipinski definition) is 4. The minimum atomic E-state index is -0.255. The van der Waals surface area contributed by atoms with Crippen molar-refractivity contribution >= 4 is 40.9 Å². The van der Waals surface area contributed by atoms with E-state index >= 15 is 0 Å². The zero-order chi connectivity index (χ0) is 20.8. The quantitative estimate of drug-likeness (QED) is 0.513. The summed E-state index contributed by atoms with van der Waals surface area (Å²) >= 11 is 13.5. The van der Waals surface area contributed by atoms with E-state index in [1.807, 2.05) is 25.1 Å². The van der Waals surface area contributed by atoms with E-state index in [2.05, 4.69) is 21.4 Å². The molecular weight excluding hydrogens is 427 g/mol. The van der Waals surface area contributed by atoms with Gasteiger partial charge in [0, 0.05) is 11.3 Å². The highest BCUT2D eigenvalue weighted by Crippen LogP contribution is 2.28.